The summed E-state index contributed by atoms with van der Waals surface area (Å²) in [6, 6.07) is 14.2. The summed E-state index contributed by atoms with van der Waals surface area (Å²) >= 11 is 1.59. The minimum atomic E-state index is -0.728. The van der Waals surface area contributed by atoms with Crippen LogP contribution in [-0.2, 0) is 4.79 Å². The molecular weight excluding hydrogens is 436 g/mol. The molecule has 0 bridgehead atoms. The molecule has 0 spiro atoms. The van der Waals surface area contributed by atoms with Gasteiger partial charge in [-0.25, -0.2) is 0 Å². The quantitative estimate of drug-likeness (QED) is 0.650. The summed E-state index contributed by atoms with van der Waals surface area (Å²) < 4.78 is 0. The lowest BCUT2D eigenvalue weighted by molar-refractivity contribution is -0.121. The van der Waals surface area contributed by atoms with Crippen molar-refractivity contribution in [3.63, 3.8) is 0 Å². The van der Waals surface area contributed by atoms with E-state index in [4.69, 9.17) is 0 Å². The minimum Gasteiger partial charge on any atom is -0.378 e. The van der Waals surface area contributed by atoms with E-state index in [1.165, 1.54) is 0 Å². The minimum absolute atomic E-state index is 0.137. The van der Waals surface area contributed by atoms with Gasteiger partial charge in [-0.05, 0) is 64.4 Å². The van der Waals surface area contributed by atoms with Crippen LogP contribution in [0.2, 0.25) is 0 Å². The number of rotatable bonds is 3. The highest BCUT2D eigenvalue weighted by molar-refractivity contribution is 7.08. The molecule has 1 saturated heterocycles. The summed E-state index contributed by atoms with van der Waals surface area (Å²) in [5, 5.41) is 6.92. The summed E-state index contributed by atoms with van der Waals surface area (Å²) in [5.74, 6) is -0.597. The van der Waals surface area contributed by atoms with E-state index in [9.17, 15) is 14.4 Å². The third-order valence-corrected chi connectivity index (χ3v) is 6.91. The zero-order valence-electron chi connectivity index (χ0n) is 18.4. The molecule has 0 radical (unpaired) electrons. The molecule has 3 heterocycles. The van der Waals surface area contributed by atoms with Crippen LogP contribution in [-0.4, -0.2) is 67.3 Å². The number of hydrogen-bond acceptors (Lipinski definition) is 5. The van der Waals surface area contributed by atoms with E-state index in [0.29, 0.717) is 29.9 Å². The number of nitrogens with one attached hydrogen (secondary N) is 1. The molecule has 0 aliphatic carbocycles. The smallest absolute Gasteiger partial charge is 0.256 e. The van der Waals surface area contributed by atoms with Crippen molar-refractivity contribution < 1.29 is 14.4 Å². The first-order valence-electron chi connectivity index (χ1n) is 10.8. The first-order valence-corrected chi connectivity index (χ1v) is 11.7. The van der Waals surface area contributed by atoms with Gasteiger partial charge in [0.1, 0.15) is 6.04 Å². The van der Waals surface area contributed by atoms with Gasteiger partial charge < -0.3 is 20.0 Å². The van der Waals surface area contributed by atoms with Gasteiger partial charge in [0.25, 0.3) is 11.8 Å². The van der Waals surface area contributed by atoms with Gasteiger partial charge in [-0.1, -0.05) is 6.07 Å². The van der Waals surface area contributed by atoms with E-state index in [1.807, 2.05) is 60.1 Å². The summed E-state index contributed by atoms with van der Waals surface area (Å²) in [6.45, 7) is 0.848. The Balaban J connectivity index is 1.38. The predicted molar refractivity (Wildman–Crippen MR) is 130 cm³/mol. The number of amides is 3. The van der Waals surface area contributed by atoms with Gasteiger partial charge in [-0.2, -0.15) is 11.3 Å². The Bertz CT molecular complexity index is 1220. The molecule has 0 unspecified atom stereocenters. The third-order valence-electron chi connectivity index (χ3n) is 6.22. The fourth-order valence-electron chi connectivity index (χ4n) is 4.33. The maximum absolute atomic E-state index is 13.4. The molecule has 168 valence electrons. The highest BCUT2D eigenvalue weighted by Gasteiger charge is 2.40. The lowest BCUT2D eigenvalue weighted by Gasteiger charge is -2.39. The van der Waals surface area contributed by atoms with Crippen molar-refractivity contribution in [2.45, 2.75) is 6.04 Å². The highest BCUT2D eigenvalue weighted by atomic mass is 32.1. The second-order valence-corrected chi connectivity index (χ2v) is 9.25. The van der Waals surface area contributed by atoms with Crippen molar-refractivity contribution in [1.29, 1.82) is 0 Å². The van der Waals surface area contributed by atoms with Crippen LogP contribution in [0.3, 0.4) is 0 Å². The third kappa shape index (κ3) is 3.87. The molecule has 1 atom stereocenters. The Hall–Kier alpha value is -3.65. The summed E-state index contributed by atoms with van der Waals surface area (Å²) in [5.41, 5.74) is 4.54. The molecule has 3 amide bonds. The SMILES string of the molecule is CN(C)c1ccc(C(=O)N2CCN3C(=O)c4cc(-c5ccsc5)ccc4NC(=O)[C@H]3C2)cc1. The molecule has 3 aromatic rings. The largest absolute Gasteiger partial charge is 0.378 e. The van der Waals surface area contributed by atoms with Crippen molar-refractivity contribution in [2.75, 3.05) is 43.9 Å². The number of piperazine rings is 1. The molecule has 1 aromatic heterocycles. The van der Waals surface area contributed by atoms with Gasteiger partial charge in [-0.15, -0.1) is 0 Å². The number of hydrogen-bond donors (Lipinski definition) is 1. The Morgan fingerprint density at radius 3 is 2.52 bits per heavy atom. The van der Waals surface area contributed by atoms with Gasteiger partial charge in [0.2, 0.25) is 5.91 Å². The van der Waals surface area contributed by atoms with E-state index in [0.717, 1.165) is 16.8 Å². The molecule has 8 heteroatoms. The van der Waals surface area contributed by atoms with Crippen LogP contribution < -0.4 is 10.2 Å². The molecule has 1 N–H and O–H groups in total. The fourth-order valence-corrected chi connectivity index (χ4v) is 4.99. The molecule has 2 aromatic carbocycles. The zero-order valence-corrected chi connectivity index (χ0v) is 19.3. The van der Waals surface area contributed by atoms with E-state index in [-0.39, 0.29) is 24.3 Å². The van der Waals surface area contributed by atoms with Crippen LogP contribution >= 0.6 is 11.3 Å². The van der Waals surface area contributed by atoms with Crippen molar-refractivity contribution in [1.82, 2.24) is 9.80 Å². The van der Waals surface area contributed by atoms with Crippen molar-refractivity contribution in [3.8, 4) is 11.1 Å². The second-order valence-electron chi connectivity index (χ2n) is 8.47. The Morgan fingerprint density at radius 2 is 1.82 bits per heavy atom. The Kier molecular flexibility index (Phi) is 5.38. The number of fused-ring (bicyclic) bond motifs is 2. The van der Waals surface area contributed by atoms with Crippen LogP contribution in [0.5, 0.6) is 0 Å². The maximum Gasteiger partial charge on any atom is 0.256 e. The van der Waals surface area contributed by atoms with E-state index in [2.05, 4.69) is 5.32 Å². The highest BCUT2D eigenvalue weighted by Crippen LogP contribution is 2.31. The summed E-state index contributed by atoms with van der Waals surface area (Å²) in [6.07, 6.45) is 0. The average Bonchev–Trinajstić information content (AvgIpc) is 3.35. The lowest BCUT2D eigenvalue weighted by Crippen LogP contribution is -2.59. The zero-order chi connectivity index (χ0) is 23.1. The average molecular weight is 461 g/mol. The standard InChI is InChI=1S/C25H24N4O3S/c1-27(2)19-6-3-16(4-7-19)24(31)28-10-11-29-22(14-28)23(30)26-21-8-5-17(13-20(21)25(29)32)18-9-12-33-15-18/h3-9,12-13,15,22H,10-11,14H2,1-2H3,(H,26,30)/t22-/m1/s1. The number of carbonyl (C=O) groups is 3. The van der Waals surface area contributed by atoms with Gasteiger partial charge >= 0.3 is 0 Å². The van der Waals surface area contributed by atoms with Gasteiger partial charge in [0.05, 0.1) is 17.8 Å². The monoisotopic (exact) mass is 460 g/mol. The number of benzene rings is 2. The predicted octanol–water partition coefficient (Wildman–Crippen LogP) is 3.40. The van der Waals surface area contributed by atoms with Crippen LogP contribution in [0.1, 0.15) is 20.7 Å². The van der Waals surface area contributed by atoms with E-state index >= 15 is 0 Å². The van der Waals surface area contributed by atoms with Gasteiger partial charge in [-0.3, -0.25) is 14.4 Å². The van der Waals surface area contributed by atoms with E-state index < -0.39 is 6.04 Å². The first kappa shape index (κ1) is 21.2. The van der Waals surface area contributed by atoms with Crippen molar-refractivity contribution in [3.05, 3.63) is 70.4 Å². The molecule has 33 heavy (non-hydrogen) atoms. The van der Waals surface area contributed by atoms with Crippen LogP contribution in [0.4, 0.5) is 11.4 Å². The normalized spacial score (nSPS) is 17.7. The lowest BCUT2D eigenvalue weighted by atomic mass is 10.0. The Morgan fingerprint density at radius 1 is 1.03 bits per heavy atom. The Labute approximate surface area is 196 Å². The van der Waals surface area contributed by atoms with Crippen molar-refractivity contribution in [2.24, 2.45) is 0 Å². The van der Waals surface area contributed by atoms with Crippen LogP contribution in [0.15, 0.2) is 59.3 Å². The maximum atomic E-state index is 13.4. The number of anilines is 2. The summed E-state index contributed by atoms with van der Waals surface area (Å²) in [7, 11) is 3.89. The van der Waals surface area contributed by atoms with E-state index in [1.54, 1.807) is 39.3 Å². The molecule has 2 aliphatic heterocycles. The fraction of sp³-hybridized carbons (Fsp3) is 0.240. The molecular formula is C25H24N4O3S. The number of nitrogens with zero attached hydrogens (tertiary/aromatic N) is 3. The number of carbonyl (C=O) groups excluding carboxylic acids is 3. The first-order chi connectivity index (χ1) is 15.9. The summed E-state index contributed by atoms with van der Waals surface area (Å²) in [4.78, 5) is 44.8. The van der Waals surface area contributed by atoms with Crippen LogP contribution in [0.25, 0.3) is 11.1 Å². The molecule has 0 saturated carbocycles. The van der Waals surface area contributed by atoms with Gasteiger partial charge in [0, 0.05) is 38.4 Å². The molecule has 5 rings (SSSR count). The molecule has 2 aliphatic rings. The second kappa shape index (κ2) is 8.37. The van der Waals surface area contributed by atoms with Crippen LogP contribution in [0, 0.1) is 0 Å². The molecule has 1 fully saturated rings. The number of thiophene rings is 1. The van der Waals surface area contributed by atoms with Gasteiger partial charge in [0.15, 0.2) is 0 Å². The van der Waals surface area contributed by atoms with Crippen molar-refractivity contribution >= 4 is 40.4 Å². The topological polar surface area (TPSA) is 73.0 Å². The molecule has 7 nitrogen and oxygen atoms in total.